The highest BCUT2D eigenvalue weighted by molar-refractivity contribution is 6.30. The van der Waals surface area contributed by atoms with E-state index in [1.165, 1.54) is 65.4 Å². The van der Waals surface area contributed by atoms with Gasteiger partial charge in [-0.2, -0.15) is 45.0 Å². The fraction of sp³-hybridized carbons (Fsp3) is 0.240. The second-order valence-electron chi connectivity index (χ2n) is 32.2. The molecule has 36 nitrogen and oxygen atoms in total. The van der Waals surface area contributed by atoms with E-state index in [4.69, 9.17) is 57.3 Å². The molecule has 1 aliphatic heterocycles. The summed E-state index contributed by atoms with van der Waals surface area (Å²) in [6, 6.07) is 60.8. The van der Waals surface area contributed by atoms with Gasteiger partial charge in [-0.1, -0.05) is 180 Å². The van der Waals surface area contributed by atoms with Crippen molar-refractivity contribution in [1.82, 2.24) is 126 Å². The third-order valence-electron chi connectivity index (χ3n) is 20.2. The van der Waals surface area contributed by atoms with Gasteiger partial charge in [-0.3, -0.25) is 30.0 Å². The zero-order valence-corrected chi connectivity index (χ0v) is 82.3. The first-order valence-corrected chi connectivity index (χ1v) is 45.0. The molecule has 1 aliphatic carbocycles. The summed E-state index contributed by atoms with van der Waals surface area (Å²) >= 11 is 5.61. The molecular formula is C104H109ClN26O10. The number of hydrogen-bond acceptors (Lipinski definition) is 35. The molecule has 0 radical (unpaired) electrons. The highest BCUT2D eigenvalue weighted by atomic mass is 35.5. The summed E-state index contributed by atoms with van der Waals surface area (Å²) in [6.07, 6.45) is 26.3. The molecule has 1 fully saturated rings. The molecule has 0 amide bonds. The summed E-state index contributed by atoms with van der Waals surface area (Å²) < 4.78 is 50.0. The van der Waals surface area contributed by atoms with E-state index >= 15 is 0 Å². The Morgan fingerprint density at radius 3 is 1.28 bits per heavy atom. The number of hydrogen-bond donors (Lipinski definition) is 1. The lowest BCUT2D eigenvalue weighted by atomic mass is 9.72. The van der Waals surface area contributed by atoms with E-state index in [-0.39, 0.29) is 5.41 Å². The summed E-state index contributed by atoms with van der Waals surface area (Å²) in [5.74, 6) is 11.8. The van der Waals surface area contributed by atoms with E-state index in [2.05, 4.69) is 208 Å². The van der Waals surface area contributed by atoms with Gasteiger partial charge in [0, 0.05) is 107 Å². The zero-order chi connectivity index (χ0) is 100. The molecule has 0 spiro atoms. The van der Waals surface area contributed by atoms with Crippen LogP contribution < -0.4 is 9.47 Å². The molecule has 141 heavy (non-hydrogen) atoms. The van der Waals surface area contributed by atoms with E-state index in [0.29, 0.717) is 93.6 Å². The number of halogens is 1. The lowest BCUT2D eigenvalue weighted by molar-refractivity contribution is 0.202. The Bertz CT molecular complexity index is 6750. The summed E-state index contributed by atoms with van der Waals surface area (Å²) in [4.78, 5) is 65.1. The molecule has 0 unspecified atom stereocenters. The number of benzene rings is 5. The third-order valence-corrected chi connectivity index (χ3v) is 20.4. The van der Waals surface area contributed by atoms with Gasteiger partial charge >= 0.3 is 0 Å². The maximum Gasteiger partial charge on any atom is 0.276 e. The van der Waals surface area contributed by atoms with E-state index in [9.17, 15) is 0 Å². The largest absolute Gasteiger partial charge is 0.497 e. The van der Waals surface area contributed by atoms with Crippen molar-refractivity contribution >= 4 is 23.5 Å². The molecule has 0 atom stereocenters. The predicted octanol–water partition coefficient (Wildman–Crippen LogP) is 22.8. The van der Waals surface area contributed by atoms with Gasteiger partial charge in [0.2, 0.25) is 11.8 Å². The first kappa shape index (κ1) is 104. The van der Waals surface area contributed by atoms with Crippen LogP contribution in [0, 0.1) is 103 Å². The summed E-state index contributed by atoms with van der Waals surface area (Å²) in [5.41, 5.74) is 17.5. The van der Waals surface area contributed by atoms with Crippen molar-refractivity contribution in [3.05, 3.63) is 353 Å². The van der Waals surface area contributed by atoms with Gasteiger partial charge in [0.15, 0.2) is 46.6 Å². The number of aromatic amines is 1. The van der Waals surface area contributed by atoms with Crippen LogP contribution in [0.2, 0.25) is 5.02 Å². The van der Waals surface area contributed by atoms with Gasteiger partial charge < -0.3 is 45.7 Å². The van der Waals surface area contributed by atoms with Crippen molar-refractivity contribution in [2.75, 3.05) is 14.2 Å². The minimum absolute atomic E-state index is 0.133. The fourth-order valence-electron chi connectivity index (χ4n) is 12.5. The fourth-order valence-corrected chi connectivity index (χ4v) is 12.6. The van der Waals surface area contributed by atoms with Crippen molar-refractivity contribution < 1.29 is 45.7 Å². The molecule has 0 bridgehead atoms. The number of rotatable bonds is 11. The van der Waals surface area contributed by atoms with Crippen LogP contribution in [-0.2, 0) is 11.8 Å². The predicted molar refractivity (Wildman–Crippen MR) is 532 cm³/mol. The van der Waals surface area contributed by atoms with Crippen LogP contribution in [-0.4, -0.2) is 147 Å². The number of nitrogens with zero attached hydrogens (tertiary/aromatic N) is 25. The van der Waals surface area contributed by atoms with Crippen molar-refractivity contribution in [1.29, 1.82) is 0 Å². The Morgan fingerprint density at radius 2 is 0.823 bits per heavy atom. The average Bonchev–Trinajstić information content (AvgIpc) is 1.73. The first-order valence-electron chi connectivity index (χ1n) is 44.6. The number of aliphatic imine (C=N–C) groups is 1. The molecule has 1 N–H and O–H groups in total. The van der Waals surface area contributed by atoms with Crippen molar-refractivity contribution in [3.63, 3.8) is 0 Å². The number of aryl methyl sites for hydroxylation is 14. The monoisotopic (exact) mass is 1920 g/mol. The van der Waals surface area contributed by atoms with Crippen LogP contribution in [0.4, 0.5) is 5.69 Å². The number of pyridine rings is 5. The van der Waals surface area contributed by atoms with Crippen LogP contribution in [0.15, 0.2) is 298 Å². The molecule has 22 rings (SSSR count). The Morgan fingerprint density at radius 1 is 0.355 bits per heavy atom. The molecule has 722 valence electrons. The third kappa shape index (κ3) is 34.8. The van der Waals surface area contributed by atoms with Crippen LogP contribution in [0.1, 0.15) is 131 Å². The van der Waals surface area contributed by atoms with Crippen LogP contribution in [0.3, 0.4) is 0 Å². The molecule has 15 aromatic heterocycles. The molecule has 1 saturated carbocycles. The van der Waals surface area contributed by atoms with Gasteiger partial charge in [0.25, 0.3) is 41.2 Å². The molecule has 2 aliphatic rings. The van der Waals surface area contributed by atoms with Gasteiger partial charge in [0.1, 0.15) is 23.5 Å². The molecule has 5 aromatic carbocycles. The number of fused-ring (bicyclic) bond motifs is 1. The Balaban J connectivity index is 0.000000148. The minimum atomic E-state index is 0.133. The van der Waals surface area contributed by atoms with E-state index < -0.39 is 0 Å². The zero-order valence-electron chi connectivity index (χ0n) is 81.6. The van der Waals surface area contributed by atoms with Crippen LogP contribution >= 0.6 is 11.6 Å². The quantitative estimate of drug-likeness (QED) is 0.126. The second-order valence-corrected chi connectivity index (χ2v) is 32.6. The van der Waals surface area contributed by atoms with Gasteiger partial charge in [-0.15, -0.1) is 0 Å². The number of aromatic nitrogens is 25. The normalized spacial score (nSPS) is 12.6. The van der Waals surface area contributed by atoms with Gasteiger partial charge in [-0.25, -0.2) is 15.0 Å². The smallest absolute Gasteiger partial charge is 0.276 e. The lowest BCUT2D eigenvalue weighted by Gasteiger charge is -2.32. The number of ether oxygens (including phenoxy) is 2. The van der Waals surface area contributed by atoms with E-state index in [1.54, 1.807) is 118 Å². The lowest BCUT2D eigenvalue weighted by Crippen LogP contribution is -2.28. The molecular weight excluding hydrogens is 1810 g/mol. The summed E-state index contributed by atoms with van der Waals surface area (Å²) in [7, 11) is 3.24. The highest BCUT2D eigenvalue weighted by Crippen LogP contribution is 2.40. The van der Waals surface area contributed by atoms with E-state index in [0.717, 1.165) is 90.8 Å². The Labute approximate surface area is 820 Å². The standard InChI is InChI=1S/C11H9N3O.C11H18N2O.C10H10N2.C9H9N3O2.2C9H9N3O.2C8H7N3O.C8H10O.C7H7Cl.C7H6N4O.C7H8/c1-7-13-11(15-14-7)9-3-2-8-4-5-12-10(8)6-9;1-8-4-6-11(3,7-5-8)10-12-9(2)13-14-10;1-8-2-4-9(5-3-8)10-6-11-12-7-10;1-6-11-9(14-12-6)7-3-4-8(13-2)10-5-7;1-6-5-8(3-4-10-6)9-11-7(2)12-13-9;1-6-3-4-10-8(5-6)9-11-7(2)12-13-9;1-6-10-8(12-11-6)7-3-2-4-9-5-7;1-6-10-8(12-11-6)7-4-2-3-5-9-7;1-7-3-5-8(9-2)6-4-7;1-6-2-4-7(8)5-3-6;1-5-10-7(12-11-5)6-2-8-4-9-3-6;1-7-5-3-2-4-6-7/h2-3,5-6H,4H2,1H3;8H,4-7H2,1-3H3;2-7H,1H3,(H,11,12);3-5H,1-2H3;2*3-5H,1-2H3;2*2-5H,1H3;3-6H,1-2H3;2-5H,1H3;2-4H,1H3;2-6H,1H3. The second kappa shape index (κ2) is 53.9. The van der Waals surface area contributed by atoms with Crippen molar-refractivity contribution in [2.45, 2.75) is 148 Å². The average molecular weight is 1920 g/mol. The highest BCUT2D eigenvalue weighted by Gasteiger charge is 2.36. The number of H-pyrrole nitrogens is 1. The topological polar surface area (TPSA) is 461 Å². The summed E-state index contributed by atoms with van der Waals surface area (Å²) in [5, 5.41) is 37.2. The molecule has 16 heterocycles. The first-order chi connectivity index (χ1) is 68.2. The maximum absolute atomic E-state index is 5.61. The maximum atomic E-state index is 5.61. The molecule has 20 aromatic rings. The Kier molecular flexibility index (Phi) is 39.9. The molecule has 0 saturated heterocycles. The molecule has 37 heteroatoms. The van der Waals surface area contributed by atoms with Crippen molar-refractivity contribution in [3.8, 4) is 103 Å². The van der Waals surface area contributed by atoms with Crippen LogP contribution in [0.25, 0.3) is 91.6 Å². The number of nitrogens with one attached hydrogen (secondary N) is 1. The van der Waals surface area contributed by atoms with E-state index in [1.807, 2.05) is 186 Å². The van der Waals surface area contributed by atoms with Gasteiger partial charge in [-0.05, 0) is 236 Å². The SMILES string of the molecule is COc1ccc(-c2nc(C)no2)cn1.COc1ccc(C)cc1.Cc1cc(-c2nc(C)no2)ccn1.Cc1ccc(-c2cn[nH]c2)cc1.Cc1ccc(Cl)cc1.Cc1ccccc1.Cc1ccnc(-c2nc(C)no2)c1.Cc1noc(-c2ccc3c(c2)N=CC3)n1.Cc1noc(-c2ccccn2)n1.Cc1noc(-c2cccnc2)n1.Cc1noc(-c2cncnc2)n1.Cc1noc(C2(C)CCC(C)CC2)n1. The van der Waals surface area contributed by atoms with Crippen molar-refractivity contribution in [2.24, 2.45) is 10.9 Å². The Hall–Kier alpha value is -17.2. The van der Waals surface area contributed by atoms with Gasteiger partial charge in [0.05, 0.1) is 42.8 Å². The number of methoxy groups -OCH3 is 2. The summed E-state index contributed by atoms with van der Waals surface area (Å²) in [6.45, 7) is 31.1. The minimum Gasteiger partial charge on any atom is -0.497 e. The van der Waals surface area contributed by atoms with Crippen LogP contribution in [0.5, 0.6) is 11.6 Å².